The Morgan fingerprint density at radius 2 is 1.79 bits per heavy atom. The number of rotatable bonds is 6. The molecule has 182 valence electrons. The van der Waals surface area contributed by atoms with Crippen molar-refractivity contribution in [1.82, 2.24) is 9.91 Å². The normalized spacial score (nSPS) is 17.9. The van der Waals surface area contributed by atoms with Gasteiger partial charge in [0.15, 0.2) is 0 Å². The first-order valence-corrected chi connectivity index (χ1v) is 10.8. The van der Waals surface area contributed by atoms with Gasteiger partial charge < -0.3 is 10.1 Å². The second-order valence-electron chi connectivity index (χ2n) is 7.89. The molecule has 0 spiro atoms. The van der Waals surface area contributed by atoms with Crippen molar-refractivity contribution in [2.45, 2.75) is 25.6 Å². The van der Waals surface area contributed by atoms with Crippen LogP contribution in [0.2, 0.25) is 5.02 Å². The number of hydrogen-bond donors (Lipinski definition) is 1. The predicted molar refractivity (Wildman–Crippen MR) is 123 cm³/mol. The fourth-order valence-electron chi connectivity index (χ4n) is 3.89. The number of carbonyl (C=O) groups excluding carboxylic acids is 2. The first-order valence-electron chi connectivity index (χ1n) is 10.4. The maximum Gasteiger partial charge on any atom is 0.416 e. The molecule has 0 bridgehead atoms. The van der Waals surface area contributed by atoms with E-state index in [2.05, 4.69) is 10.4 Å². The molecule has 0 fully saturated rings. The molecular weight excluding hydrogens is 473 g/mol. The number of halogens is 4. The number of nitrogens with zero attached hydrogens (tertiary/aromatic N) is 3. The molecule has 2 amide bonds. The number of hydrogen-bond acceptors (Lipinski definition) is 5. The zero-order valence-corrected chi connectivity index (χ0v) is 19.6. The van der Waals surface area contributed by atoms with E-state index in [9.17, 15) is 22.8 Å². The van der Waals surface area contributed by atoms with E-state index in [4.69, 9.17) is 16.3 Å². The number of likely N-dealkylation sites (N-methyl/N-ethyl adjacent to an activating group) is 1. The van der Waals surface area contributed by atoms with Gasteiger partial charge in [-0.25, -0.2) is 4.79 Å². The minimum Gasteiger partial charge on any atom is -0.453 e. The molecule has 2 aromatic rings. The van der Waals surface area contributed by atoms with Gasteiger partial charge in [0.2, 0.25) is 5.91 Å². The zero-order valence-electron chi connectivity index (χ0n) is 18.8. The van der Waals surface area contributed by atoms with E-state index in [1.165, 1.54) is 29.2 Å². The lowest BCUT2D eigenvalue weighted by molar-refractivity contribution is -0.137. The molecule has 1 atom stereocenters. The highest BCUT2D eigenvalue weighted by atomic mass is 35.5. The van der Waals surface area contributed by atoms with Gasteiger partial charge in [-0.2, -0.15) is 18.3 Å². The average Bonchev–Trinajstić information content (AvgIpc) is 3.10. The summed E-state index contributed by atoms with van der Waals surface area (Å²) in [5.74, 6) is -0.468. The second-order valence-corrected chi connectivity index (χ2v) is 8.33. The lowest BCUT2D eigenvalue weighted by atomic mass is 9.89. The van der Waals surface area contributed by atoms with E-state index in [-0.39, 0.29) is 18.8 Å². The first kappa shape index (κ1) is 25.4. The highest BCUT2D eigenvalue weighted by Crippen LogP contribution is 2.31. The molecule has 0 aromatic heterocycles. The number of alkyl halides is 3. The van der Waals surface area contributed by atoms with Gasteiger partial charge in [-0.05, 0) is 50.2 Å². The maximum atomic E-state index is 12.7. The van der Waals surface area contributed by atoms with Crippen molar-refractivity contribution < 1.29 is 27.5 Å². The Balaban J connectivity index is 1.82. The molecule has 2 aromatic carbocycles. The Morgan fingerprint density at radius 1 is 1.18 bits per heavy atom. The molecule has 1 heterocycles. The Kier molecular flexibility index (Phi) is 7.40. The van der Waals surface area contributed by atoms with E-state index in [0.29, 0.717) is 17.3 Å². The van der Waals surface area contributed by atoms with E-state index in [0.717, 1.165) is 17.7 Å². The minimum absolute atomic E-state index is 0.174. The molecule has 11 heteroatoms. The van der Waals surface area contributed by atoms with Crippen LogP contribution < -0.4 is 5.32 Å². The summed E-state index contributed by atoms with van der Waals surface area (Å²) in [4.78, 5) is 26.6. The second kappa shape index (κ2) is 9.92. The highest BCUT2D eigenvalue weighted by Gasteiger charge is 2.46. The van der Waals surface area contributed by atoms with Crippen LogP contribution in [0.3, 0.4) is 0 Å². The van der Waals surface area contributed by atoms with Gasteiger partial charge in [-0.3, -0.25) is 14.7 Å². The number of hydrazone groups is 1. The lowest BCUT2D eigenvalue weighted by Crippen LogP contribution is -2.57. The third-order valence-electron chi connectivity index (χ3n) is 5.49. The largest absolute Gasteiger partial charge is 0.453 e. The summed E-state index contributed by atoms with van der Waals surface area (Å²) >= 11 is 6.01. The van der Waals surface area contributed by atoms with E-state index >= 15 is 0 Å². The minimum atomic E-state index is -4.46. The molecule has 0 saturated heterocycles. The number of benzene rings is 2. The predicted octanol–water partition coefficient (Wildman–Crippen LogP) is 4.86. The number of amides is 2. The van der Waals surface area contributed by atoms with Crippen molar-refractivity contribution in [1.29, 1.82) is 0 Å². The summed E-state index contributed by atoms with van der Waals surface area (Å²) in [7, 11) is 1.29. The zero-order chi connectivity index (χ0) is 25.1. The SMILES string of the molecule is CCN(C(=O)OC)C1(C)CN(CC(=O)Nc2ccc(C(F)(F)F)cc2)N=C1c1ccc(Cl)cc1. The lowest BCUT2D eigenvalue weighted by Gasteiger charge is -2.37. The molecule has 1 unspecified atom stereocenters. The van der Waals surface area contributed by atoms with Crippen molar-refractivity contribution in [2.24, 2.45) is 5.10 Å². The summed E-state index contributed by atoms with van der Waals surface area (Å²) in [6, 6.07) is 11.1. The molecule has 34 heavy (non-hydrogen) atoms. The van der Waals surface area contributed by atoms with E-state index < -0.39 is 29.3 Å². The molecule has 1 aliphatic rings. The summed E-state index contributed by atoms with van der Waals surface area (Å²) in [6.45, 7) is 4.00. The average molecular weight is 497 g/mol. The third kappa shape index (κ3) is 5.44. The molecule has 1 aliphatic heterocycles. The monoisotopic (exact) mass is 496 g/mol. The van der Waals surface area contributed by atoms with Crippen LogP contribution in [-0.2, 0) is 15.7 Å². The van der Waals surface area contributed by atoms with Crippen molar-refractivity contribution in [3.63, 3.8) is 0 Å². The van der Waals surface area contributed by atoms with Gasteiger partial charge in [-0.15, -0.1) is 0 Å². The number of methoxy groups -OCH3 is 1. The van der Waals surface area contributed by atoms with Crippen molar-refractivity contribution in [2.75, 3.05) is 32.1 Å². The number of nitrogens with one attached hydrogen (secondary N) is 1. The maximum absolute atomic E-state index is 12.7. The molecule has 1 N–H and O–H groups in total. The smallest absolute Gasteiger partial charge is 0.416 e. The van der Waals surface area contributed by atoms with Crippen molar-refractivity contribution in [3.05, 3.63) is 64.7 Å². The van der Waals surface area contributed by atoms with Gasteiger partial charge in [0.1, 0.15) is 12.1 Å². The standard InChI is InChI=1S/C23H24ClF3N4O3/c1-4-31(21(33)34-3)22(2)14-30(29-20(22)15-5-9-17(24)10-6-15)13-19(32)28-18-11-7-16(8-12-18)23(25,26)27/h5-12H,4,13-14H2,1-3H3,(H,28,32). The summed E-state index contributed by atoms with van der Waals surface area (Å²) in [5.41, 5.74) is -0.213. The topological polar surface area (TPSA) is 74.2 Å². The van der Waals surface area contributed by atoms with E-state index in [1.807, 2.05) is 13.8 Å². The fraction of sp³-hybridized carbons (Fsp3) is 0.348. The van der Waals surface area contributed by atoms with Gasteiger partial charge >= 0.3 is 12.3 Å². The van der Waals surface area contributed by atoms with Gasteiger partial charge in [-0.1, -0.05) is 23.7 Å². The molecule has 0 saturated carbocycles. The van der Waals surface area contributed by atoms with Gasteiger partial charge in [0.05, 0.1) is 24.9 Å². The Hall–Kier alpha value is -3.27. The van der Waals surface area contributed by atoms with Crippen LogP contribution in [0.15, 0.2) is 53.6 Å². The highest BCUT2D eigenvalue weighted by molar-refractivity contribution is 6.30. The number of carbonyl (C=O) groups is 2. The van der Waals surface area contributed by atoms with Crippen LogP contribution in [-0.4, -0.2) is 59.9 Å². The number of ether oxygens (including phenoxy) is 1. The van der Waals surface area contributed by atoms with Crippen LogP contribution in [0.25, 0.3) is 0 Å². The summed E-state index contributed by atoms with van der Waals surface area (Å²) < 4.78 is 43.2. The quantitative estimate of drug-likeness (QED) is 0.619. The third-order valence-corrected chi connectivity index (χ3v) is 5.74. The molecular formula is C23H24ClF3N4O3. The van der Waals surface area contributed by atoms with Crippen LogP contribution >= 0.6 is 11.6 Å². The Labute approximate surface area is 200 Å². The molecule has 7 nitrogen and oxygen atoms in total. The molecule has 3 rings (SSSR count). The van der Waals surface area contributed by atoms with Crippen LogP contribution in [0.1, 0.15) is 25.0 Å². The van der Waals surface area contributed by atoms with E-state index in [1.54, 1.807) is 24.3 Å². The first-order chi connectivity index (χ1) is 16.0. The summed E-state index contributed by atoms with van der Waals surface area (Å²) in [5, 5.41) is 9.22. The van der Waals surface area contributed by atoms with Crippen LogP contribution in [0.4, 0.5) is 23.7 Å². The Bertz CT molecular complexity index is 1070. The van der Waals surface area contributed by atoms with Gasteiger partial charge in [0, 0.05) is 22.8 Å². The number of anilines is 1. The fourth-order valence-corrected chi connectivity index (χ4v) is 4.02. The Morgan fingerprint density at radius 3 is 2.32 bits per heavy atom. The van der Waals surface area contributed by atoms with Crippen LogP contribution in [0, 0.1) is 0 Å². The van der Waals surface area contributed by atoms with Crippen molar-refractivity contribution >= 4 is 35.0 Å². The van der Waals surface area contributed by atoms with Crippen molar-refractivity contribution in [3.8, 4) is 0 Å². The van der Waals surface area contributed by atoms with Crippen LogP contribution in [0.5, 0.6) is 0 Å². The summed E-state index contributed by atoms with van der Waals surface area (Å²) in [6.07, 6.45) is -5.00. The molecule has 0 aliphatic carbocycles. The van der Waals surface area contributed by atoms with Gasteiger partial charge in [0.25, 0.3) is 0 Å². The molecule has 0 radical (unpaired) electrons.